The Balaban J connectivity index is 1.73. The summed E-state index contributed by atoms with van der Waals surface area (Å²) >= 11 is 0. The van der Waals surface area contributed by atoms with Crippen molar-refractivity contribution in [1.82, 2.24) is 9.71 Å². The maximum Gasteiger partial charge on any atom is 0.225 e. The summed E-state index contributed by atoms with van der Waals surface area (Å²) in [7, 11) is -3.69. The molecule has 1 heterocycles. The highest BCUT2D eigenvalue weighted by molar-refractivity contribution is 7.89. The molecule has 9 heteroatoms. The van der Waals surface area contributed by atoms with Crippen LogP contribution in [0.1, 0.15) is 24.3 Å². The Hall–Kier alpha value is -2.83. The average molecular weight is 419 g/mol. The number of nitrogens with zero attached hydrogens (tertiary/aromatic N) is 1. The minimum Gasteiger partial charge on any atom is -0.352 e. The smallest absolute Gasteiger partial charge is 0.225 e. The number of aromatic amines is 1. The Morgan fingerprint density at radius 3 is 2.45 bits per heavy atom. The molecule has 3 aromatic rings. The summed E-state index contributed by atoms with van der Waals surface area (Å²) in [6.07, 6.45) is 0.841. The van der Waals surface area contributed by atoms with E-state index in [0.29, 0.717) is 35.0 Å². The number of hydrogen-bond acceptors (Lipinski definition) is 3. The second kappa shape index (κ2) is 7.21. The van der Waals surface area contributed by atoms with Gasteiger partial charge in [-0.05, 0) is 60.2 Å². The molecule has 29 heavy (non-hydrogen) atoms. The molecule has 1 saturated carbocycles. The van der Waals surface area contributed by atoms with Gasteiger partial charge in [-0.3, -0.25) is 0 Å². The van der Waals surface area contributed by atoms with Crippen LogP contribution in [0.3, 0.4) is 0 Å². The third-order valence-corrected chi connectivity index (χ3v) is 6.35. The Kier molecular flexibility index (Phi) is 4.84. The third kappa shape index (κ3) is 3.73. The van der Waals surface area contributed by atoms with Crippen molar-refractivity contribution < 1.29 is 21.6 Å². The van der Waals surface area contributed by atoms with Crippen molar-refractivity contribution in [2.45, 2.75) is 24.8 Å². The summed E-state index contributed by atoms with van der Waals surface area (Å²) in [5, 5.41) is 8.97. The van der Waals surface area contributed by atoms with E-state index in [4.69, 9.17) is 5.26 Å². The van der Waals surface area contributed by atoms with Crippen LogP contribution in [0.4, 0.5) is 13.2 Å². The van der Waals surface area contributed by atoms with Gasteiger partial charge >= 0.3 is 0 Å². The number of sulfonamides is 1. The molecule has 0 amide bonds. The van der Waals surface area contributed by atoms with Crippen LogP contribution < -0.4 is 4.72 Å². The van der Waals surface area contributed by atoms with Crippen molar-refractivity contribution in [2.24, 2.45) is 0 Å². The van der Waals surface area contributed by atoms with Crippen molar-refractivity contribution in [1.29, 1.82) is 5.26 Å². The molecule has 0 bridgehead atoms. The van der Waals surface area contributed by atoms with Gasteiger partial charge in [0.05, 0.1) is 17.3 Å². The maximum absolute atomic E-state index is 14.3. The van der Waals surface area contributed by atoms with E-state index in [-0.39, 0.29) is 17.5 Å². The number of rotatable bonds is 5. The molecule has 2 aromatic carbocycles. The Labute approximate surface area is 165 Å². The second-order valence-corrected chi connectivity index (χ2v) is 8.88. The zero-order chi connectivity index (χ0) is 20.8. The van der Waals surface area contributed by atoms with Crippen LogP contribution in [-0.2, 0) is 10.0 Å². The lowest BCUT2D eigenvalue weighted by atomic mass is 9.74. The van der Waals surface area contributed by atoms with Crippen LogP contribution >= 0.6 is 0 Å². The van der Waals surface area contributed by atoms with E-state index >= 15 is 0 Å². The fourth-order valence-electron chi connectivity index (χ4n) is 3.84. The average Bonchev–Trinajstić information content (AvgIpc) is 2.97. The summed E-state index contributed by atoms with van der Waals surface area (Å²) in [4.78, 5) is 2.98. The van der Waals surface area contributed by atoms with E-state index in [2.05, 4.69) is 9.71 Å². The van der Waals surface area contributed by atoms with Crippen LogP contribution in [0.15, 0.2) is 36.4 Å². The van der Waals surface area contributed by atoms with Crippen molar-refractivity contribution in [3.63, 3.8) is 0 Å². The SMILES string of the molecule is N#CCS(=O)(=O)NC1CC(c2c(-c3ccc(F)cc3)[nH]c3c(F)cc(F)cc23)C1. The predicted octanol–water partition coefficient (Wildman–Crippen LogP) is 3.94. The van der Waals surface area contributed by atoms with Gasteiger partial charge in [0, 0.05) is 17.5 Å². The number of benzene rings is 2. The first-order valence-corrected chi connectivity index (χ1v) is 10.6. The topological polar surface area (TPSA) is 85.8 Å². The first kappa shape index (κ1) is 19.5. The predicted molar refractivity (Wildman–Crippen MR) is 102 cm³/mol. The fourth-order valence-corrected chi connectivity index (χ4v) is 4.79. The number of hydrogen-bond donors (Lipinski definition) is 2. The number of aromatic nitrogens is 1. The highest BCUT2D eigenvalue weighted by atomic mass is 32.2. The minimum absolute atomic E-state index is 0.147. The number of fused-ring (bicyclic) bond motifs is 1. The molecule has 150 valence electrons. The van der Waals surface area contributed by atoms with Crippen molar-refractivity contribution in [3.8, 4) is 17.3 Å². The molecule has 0 spiro atoms. The Bertz CT molecular complexity index is 1220. The monoisotopic (exact) mass is 419 g/mol. The highest BCUT2D eigenvalue weighted by Gasteiger charge is 2.36. The van der Waals surface area contributed by atoms with E-state index in [1.807, 2.05) is 0 Å². The van der Waals surface area contributed by atoms with Crippen LogP contribution in [0, 0.1) is 28.8 Å². The summed E-state index contributed by atoms with van der Waals surface area (Å²) in [6, 6.07) is 8.92. The number of nitrogens with one attached hydrogen (secondary N) is 2. The molecule has 0 radical (unpaired) electrons. The van der Waals surface area contributed by atoms with Gasteiger partial charge in [-0.15, -0.1) is 0 Å². The van der Waals surface area contributed by atoms with Crippen LogP contribution in [0.2, 0.25) is 0 Å². The van der Waals surface area contributed by atoms with Crippen LogP contribution in [-0.4, -0.2) is 25.2 Å². The van der Waals surface area contributed by atoms with Crippen molar-refractivity contribution in [2.75, 3.05) is 5.75 Å². The summed E-state index contributed by atoms with van der Waals surface area (Å²) in [5.41, 5.74) is 1.98. The molecule has 2 N–H and O–H groups in total. The normalized spacial score (nSPS) is 19.1. The van der Waals surface area contributed by atoms with Crippen molar-refractivity contribution >= 4 is 20.9 Å². The quantitative estimate of drug-likeness (QED) is 0.657. The zero-order valence-electron chi connectivity index (χ0n) is 15.0. The Morgan fingerprint density at radius 1 is 1.10 bits per heavy atom. The fraction of sp³-hybridized carbons (Fsp3) is 0.250. The first-order chi connectivity index (χ1) is 13.8. The molecule has 0 unspecified atom stereocenters. The van der Waals surface area contributed by atoms with Gasteiger partial charge in [-0.1, -0.05) is 0 Å². The summed E-state index contributed by atoms with van der Waals surface area (Å²) in [5.74, 6) is -2.65. The lowest BCUT2D eigenvalue weighted by Crippen LogP contribution is -2.44. The van der Waals surface area contributed by atoms with E-state index in [1.54, 1.807) is 18.2 Å². The lowest BCUT2D eigenvalue weighted by molar-refractivity contribution is 0.328. The molecule has 5 nitrogen and oxygen atoms in total. The zero-order valence-corrected chi connectivity index (χ0v) is 15.9. The van der Waals surface area contributed by atoms with Crippen LogP contribution in [0.25, 0.3) is 22.2 Å². The molecule has 1 aliphatic carbocycles. The molecule has 0 aliphatic heterocycles. The second-order valence-electron chi connectivity index (χ2n) is 7.13. The van der Waals surface area contributed by atoms with Gasteiger partial charge in [-0.2, -0.15) is 5.26 Å². The molecule has 0 saturated heterocycles. The van der Waals surface area contributed by atoms with Gasteiger partial charge in [0.1, 0.15) is 17.5 Å². The van der Waals surface area contributed by atoms with Gasteiger partial charge in [0.15, 0.2) is 5.75 Å². The summed E-state index contributed by atoms with van der Waals surface area (Å²) < 4.78 is 67.6. The molecule has 1 aromatic heterocycles. The Morgan fingerprint density at radius 2 is 1.79 bits per heavy atom. The number of halogens is 3. The molecule has 1 fully saturated rings. The molecular weight excluding hydrogens is 403 g/mol. The van der Waals surface area contributed by atoms with E-state index in [1.165, 1.54) is 18.2 Å². The number of H-pyrrole nitrogens is 1. The highest BCUT2D eigenvalue weighted by Crippen LogP contribution is 2.45. The van der Waals surface area contributed by atoms with Gasteiger partial charge in [-0.25, -0.2) is 26.3 Å². The summed E-state index contributed by atoms with van der Waals surface area (Å²) in [6.45, 7) is 0. The van der Waals surface area contributed by atoms with Crippen molar-refractivity contribution in [3.05, 3.63) is 59.4 Å². The largest absolute Gasteiger partial charge is 0.352 e. The maximum atomic E-state index is 14.3. The lowest BCUT2D eigenvalue weighted by Gasteiger charge is -2.36. The minimum atomic E-state index is -3.69. The van der Waals surface area contributed by atoms with Gasteiger partial charge < -0.3 is 4.98 Å². The molecule has 0 atom stereocenters. The molecule has 1 aliphatic rings. The van der Waals surface area contributed by atoms with Gasteiger partial charge in [0.25, 0.3) is 0 Å². The first-order valence-electron chi connectivity index (χ1n) is 8.91. The number of nitriles is 1. The molecule has 4 rings (SSSR count). The molecular formula is C20H16F3N3O2S. The van der Waals surface area contributed by atoms with E-state index in [9.17, 15) is 21.6 Å². The van der Waals surface area contributed by atoms with Gasteiger partial charge in [0.2, 0.25) is 10.0 Å². The van der Waals surface area contributed by atoms with Crippen LogP contribution in [0.5, 0.6) is 0 Å². The third-order valence-electron chi connectivity index (χ3n) is 5.14. The van der Waals surface area contributed by atoms with E-state index in [0.717, 1.165) is 6.07 Å². The standard InChI is InChI=1S/C20H16F3N3O2S/c21-13-3-1-11(2-4-13)19-18(16-9-14(22)10-17(23)20(16)25-19)12-7-15(8-12)26-29(27,28)6-5-24/h1-4,9-10,12,15,25-26H,6-8H2. The van der Waals surface area contributed by atoms with E-state index < -0.39 is 33.2 Å².